The van der Waals surface area contributed by atoms with Gasteiger partial charge < -0.3 is 10.4 Å². The summed E-state index contributed by atoms with van der Waals surface area (Å²) >= 11 is 0. The molecule has 1 aromatic carbocycles. The Hall–Kier alpha value is -1.51. The number of anilines is 1. The van der Waals surface area contributed by atoms with Crippen LogP contribution in [-0.4, -0.2) is 17.1 Å². The summed E-state index contributed by atoms with van der Waals surface area (Å²) in [6, 6.07) is 5.55. The Morgan fingerprint density at radius 3 is 2.17 bits per heavy atom. The Kier molecular flexibility index (Phi) is 4.76. The number of aromatic carboxylic acids is 1. The van der Waals surface area contributed by atoms with Gasteiger partial charge in [-0.3, -0.25) is 0 Å². The van der Waals surface area contributed by atoms with Crippen molar-refractivity contribution in [3.05, 3.63) is 29.3 Å². The minimum absolute atomic E-state index is 0.328. The molecule has 18 heavy (non-hydrogen) atoms. The number of carboxylic acid groups (broad SMARTS) is 1. The number of carbonyl (C=O) groups is 1. The SMILES string of the molecule is Cc1ccc(C(=O)O)cc1NC(C(C)C)C(C)C. The van der Waals surface area contributed by atoms with E-state index in [2.05, 4.69) is 33.0 Å². The van der Waals surface area contributed by atoms with Crippen molar-refractivity contribution in [3.8, 4) is 0 Å². The van der Waals surface area contributed by atoms with E-state index >= 15 is 0 Å². The van der Waals surface area contributed by atoms with Crippen LogP contribution in [0.5, 0.6) is 0 Å². The molecule has 100 valence electrons. The molecule has 0 aliphatic heterocycles. The van der Waals surface area contributed by atoms with Gasteiger partial charge in [-0.15, -0.1) is 0 Å². The lowest BCUT2D eigenvalue weighted by atomic mass is 9.92. The molecule has 0 radical (unpaired) electrons. The van der Waals surface area contributed by atoms with Crippen molar-refractivity contribution in [2.24, 2.45) is 11.8 Å². The van der Waals surface area contributed by atoms with Crippen LogP contribution >= 0.6 is 0 Å². The second-order valence-electron chi connectivity index (χ2n) is 5.49. The topological polar surface area (TPSA) is 49.3 Å². The Balaban J connectivity index is 3.01. The largest absolute Gasteiger partial charge is 0.478 e. The zero-order valence-corrected chi connectivity index (χ0v) is 11.8. The quantitative estimate of drug-likeness (QED) is 0.834. The zero-order valence-electron chi connectivity index (χ0n) is 11.8. The van der Waals surface area contributed by atoms with E-state index in [0.717, 1.165) is 11.3 Å². The Bertz CT molecular complexity index is 417. The average molecular weight is 249 g/mol. The molecule has 0 unspecified atom stereocenters. The molecule has 0 heterocycles. The van der Waals surface area contributed by atoms with Crippen molar-refractivity contribution < 1.29 is 9.90 Å². The molecule has 0 amide bonds. The number of benzene rings is 1. The predicted molar refractivity (Wildman–Crippen MR) is 75.2 cm³/mol. The molecule has 3 nitrogen and oxygen atoms in total. The lowest BCUT2D eigenvalue weighted by Gasteiger charge is -2.28. The second-order valence-corrected chi connectivity index (χ2v) is 5.49. The predicted octanol–water partition coefficient (Wildman–Crippen LogP) is 3.79. The van der Waals surface area contributed by atoms with Crippen LogP contribution in [0.2, 0.25) is 0 Å². The van der Waals surface area contributed by atoms with E-state index < -0.39 is 5.97 Å². The number of carboxylic acids is 1. The Morgan fingerprint density at radius 2 is 1.72 bits per heavy atom. The lowest BCUT2D eigenvalue weighted by molar-refractivity contribution is 0.0697. The maximum atomic E-state index is 11.0. The van der Waals surface area contributed by atoms with Gasteiger partial charge in [-0.2, -0.15) is 0 Å². The summed E-state index contributed by atoms with van der Waals surface area (Å²) in [7, 11) is 0. The minimum atomic E-state index is -0.885. The third kappa shape index (κ3) is 3.49. The van der Waals surface area contributed by atoms with Crippen molar-refractivity contribution >= 4 is 11.7 Å². The smallest absolute Gasteiger partial charge is 0.335 e. The summed E-state index contributed by atoms with van der Waals surface area (Å²) < 4.78 is 0. The molecule has 2 N–H and O–H groups in total. The van der Waals surface area contributed by atoms with Crippen molar-refractivity contribution in [2.45, 2.75) is 40.7 Å². The number of hydrogen-bond acceptors (Lipinski definition) is 2. The maximum Gasteiger partial charge on any atom is 0.335 e. The summed E-state index contributed by atoms with van der Waals surface area (Å²) in [5, 5.41) is 12.5. The van der Waals surface area contributed by atoms with Gasteiger partial charge in [-0.05, 0) is 36.5 Å². The summed E-state index contributed by atoms with van der Waals surface area (Å²) in [5.41, 5.74) is 2.32. The molecule has 0 fully saturated rings. The maximum absolute atomic E-state index is 11.0. The van der Waals surface area contributed by atoms with Crippen LogP contribution in [0, 0.1) is 18.8 Å². The van der Waals surface area contributed by atoms with Crippen LogP contribution in [0.25, 0.3) is 0 Å². The van der Waals surface area contributed by atoms with E-state index in [1.807, 2.05) is 13.0 Å². The first kappa shape index (κ1) is 14.6. The van der Waals surface area contributed by atoms with Crippen molar-refractivity contribution in [3.63, 3.8) is 0 Å². The van der Waals surface area contributed by atoms with Gasteiger partial charge in [-0.1, -0.05) is 33.8 Å². The lowest BCUT2D eigenvalue weighted by Crippen LogP contribution is -2.31. The molecule has 0 aliphatic rings. The zero-order chi connectivity index (χ0) is 13.9. The fourth-order valence-electron chi connectivity index (χ4n) is 2.19. The molecular formula is C15H23NO2. The summed E-state index contributed by atoms with van der Waals surface area (Å²) in [6.07, 6.45) is 0. The van der Waals surface area contributed by atoms with Gasteiger partial charge in [0, 0.05) is 11.7 Å². The summed E-state index contributed by atoms with van der Waals surface area (Å²) in [4.78, 5) is 11.0. The molecule has 0 saturated heterocycles. The summed E-state index contributed by atoms with van der Waals surface area (Å²) in [5.74, 6) is 0.111. The fourth-order valence-corrected chi connectivity index (χ4v) is 2.19. The highest BCUT2D eigenvalue weighted by Crippen LogP contribution is 2.23. The molecule has 0 atom stereocenters. The van der Waals surface area contributed by atoms with Gasteiger partial charge >= 0.3 is 5.97 Å². The number of hydrogen-bond donors (Lipinski definition) is 2. The van der Waals surface area contributed by atoms with Crippen LogP contribution in [0.4, 0.5) is 5.69 Å². The first-order valence-electron chi connectivity index (χ1n) is 6.43. The van der Waals surface area contributed by atoms with Gasteiger partial charge in [0.05, 0.1) is 5.56 Å². The van der Waals surface area contributed by atoms with E-state index in [-0.39, 0.29) is 0 Å². The highest BCUT2D eigenvalue weighted by molar-refractivity contribution is 5.89. The molecule has 3 heteroatoms. The monoisotopic (exact) mass is 249 g/mol. The fraction of sp³-hybridized carbons (Fsp3) is 0.533. The Labute approximate surface area is 109 Å². The normalized spacial score (nSPS) is 11.3. The molecule has 0 bridgehead atoms. The van der Waals surface area contributed by atoms with Crippen LogP contribution in [0.15, 0.2) is 18.2 Å². The van der Waals surface area contributed by atoms with Crippen LogP contribution in [0.1, 0.15) is 43.6 Å². The first-order valence-corrected chi connectivity index (χ1v) is 6.43. The minimum Gasteiger partial charge on any atom is -0.478 e. The highest BCUT2D eigenvalue weighted by Gasteiger charge is 2.18. The van der Waals surface area contributed by atoms with E-state index in [4.69, 9.17) is 5.11 Å². The third-order valence-electron chi connectivity index (χ3n) is 3.24. The van der Waals surface area contributed by atoms with E-state index in [0.29, 0.717) is 23.4 Å². The van der Waals surface area contributed by atoms with Crippen molar-refractivity contribution in [1.29, 1.82) is 0 Å². The van der Waals surface area contributed by atoms with E-state index in [1.54, 1.807) is 12.1 Å². The van der Waals surface area contributed by atoms with Crippen molar-refractivity contribution in [1.82, 2.24) is 0 Å². The molecule has 0 aliphatic carbocycles. The van der Waals surface area contributed by atoms with Gasteiger partial charge in [-0.25, -0.2) is 4.79 Å². The average Bonchev–Trinajstić information content (AvgIpc) is 2.26. The Morgan fingerprint density at radius 1 is 1.17 bits per heavy atom. The van der Waals surface area contributed by atoms with Gasteiger partial charge in [0.1, 0.15) is 0 Å². The first-order chi connectivity index (χ1) is 8.32. The van der Waals surface area contributed by atoms with E-state index in [9.17, 15) is 4.79 Å². The van der Waals surface area contributed by atoms with Crippen molar-refractivity contribution in [2.75, 3.05) is 5.32 Å². The van der Waals surface area contributed by atoms with Crippen LogP contribution in [0.3, 0.4) is 0 Å². The van der Waals surface area contributed by atoms with Gasteiger partial charge in [0.25, 0.3) is 0 Å². The number of rotatable bonds is 5. The molecule has 0 spiro atoms. The van der Waals surface area contributed by atoms with Crippen LogP contribution in [-0.2, 0) is 0 Å². The molecule has 1 aromatic rings. The van der Waals surface area contributed by atoms with E-state index in [1.165, 1.54) is 0 Å². The summed E-state index contributed by atoms with van der Waals surface area (Å²) in [6.45, 7) is 10.7. The molecule has 0 saturated carbocycles. The third-order valence-corrected chi connectivity index (χ3v) is 3.24. The molecular weight excluding hydrogens is 226 g/mol. The van der Waals surface area contributed by atoms with Gasteiger partial charge in [0.2, 0.25) is 0 Å². The highest BCUT2D eigenvalue weighted by atomic mass is 16.4. The van der Waals surface area contributed by atoms with Crippen LogP contribution < -0.4 is 5.32 Å². The second kappa shape index (κ2) is 5.89. The van der Waals surface area contributed by atoms with Gasteiger partial charge in [0.15, 0.2) is 0 Å². The molecule has 0 aromatic heterocycles. The number of nitrogens with one attached hydrogen (secondary N) is 1. The molecule has 1 rings (SSSR count). The standard InChI is InChI=1S/C15H23NO2/c1-9(2)14(10(3)4)16-13-8-12(15(17)18)7-6-11(13)5/h6-10,14,16H,1-5H3,(H,17,18). The number of aryl methyl sites for hydroxylation is 1.